The topological polar surface area (TPSA) is 3.24 Å². The van der Waals surface area contributed by atoms with Crippen LogP contribution in [0.2, 0.25) is 0 Å². The second kappa shape index (κ2) is 10.2. The van der Waals surface area contributed by atoms with Crippen molar-refractivity contribution in [1.82, 2.24) is 4.90 Å². The predicted molar refractivity (Wildman–Crippen MR) is 70.2 cm³/mol. The Hall–Kier alpha value is -0.300. The van der Waals surface area contributed by atoms with Gasteiger partial charge in [-0.25, -0.2) is 0 Å². The van der Waals surface area contributed by atoms with Gasteiger partial charge >= 0.3 is 0 Å². The highest BCUT2D eigenvalue weighted by atomic mass is 15.1. The van der Waals surface area contributed by atoms with E-state index in [0.29, 0.717) is 0 Å². The summed E-state index contributed by atoms with van der Waals surface area (Å²) in [6.45, 7) is 14.3. The standard InChI is InChI=1S/C14H29N/c1-5-8-9-10-11-12-14(4)13-15(6-2)7-3/h5,14H,1,6-13H2,2-4H3. The maximum atomic E-state index is 3.75. The number of hydrogen-bond donors (Lipinski definition) is 0. The van der Waals surface area contributed by atoms with Crippen LogP contribution in [0.3, 0.4) is 0 Å². The highest BCUT2D eigenvalue weighted by molar-refractivity contribution is 4.66. The fraction of sp³-hybridized carbons (Fsp3) is 0.857. The minimum absolute atomic E-state index is 0.855. The fourth-order valence-electron chi connectivity index (χ4n) is 1.97. The molecule has 0 saturated carbocycles. The molecule has 0 heterocycles. The van der Waals surface area contributed by atoms with Crippen LogP contribution in [0.25, 0.3) is 0 Å². The molecule has 0 aromatic rings. The molecule has 0 aromatic carbocycles. The van der Waals surface area contributed by atoms with Crippen molar-refractivity contribution in [3.8, 4) is 0 Å². The van der Waals surface area contributed by atoms with Crippen molar-refractivity contribution in [3.05, 3.63) is 12.7 Å². The molecule has 0 bridgehead atoms. The average molecular weight is 211 g/mol. The van der Waals surface area contributed by atoms with Crippen molar-refractivity contribution in [2.24, 2.45) is 5.92 Å². The van der Waals surface area contributed by atoms with Crippen molar-refractivity contribution >= 4 is 0 Å². The molecule has 0 aliphatic rings. The van der Waals surface area contributed by atoms with Crippen LogP contribution in [0.15, 0.2) is 12.7 Å². The molecule has 0 N–H and O–H groups in total. The van der Waals surface area contributed by atoms with Gasteiger partial charge in [0.15, 0.2) is 0 Å². The first kappa shape index (κ1) is 14.7. The molecule has 1 atom stereocenters. The van der Waals surface area contributed by atoms with E-state index in [1.807, 2.05) is 6.08 Å². The zero-order chi connectivity index (χ0) is 11.5. The molecule has 1 unspecified atom stereocenters. The Labute approximate surface area is 96.6 Å². The van der Waals surface area contributed by atoms with Crippen LogP contribution < -0.4 is 0 Å². The molecule has 0 aromatic heterocycles. The van der Waals surface area contributed by atoms with Gasteiger partial charge in [0.25, 0.3) is 0 Å². The SMILES string of the molecule is C=CCCCCCC(C)CN(CC)CC. The number of allylic oxidation sites excluding steroid dienone is 1. The molecular weight excluding hydrogens is 182 g/mol. The minimum Gasteiger partial charge on any atom is -0.304 e. The number of nitrogens with zero attached hydrogens (tertiary/aromatic N) is 1. The van der Waals surface area contributed by atoms with Gasteiger partial charge in [0.05, 0.1) is 0 Å². The summed E-state index contributed by atoms with van der Waals surface area (Å²) < 4.78 is 0. The number of hydrogen-bond acceptors (Lipinski definition) is 1. The molecular formula is C14H29N. The van der Waals surface area contributed by atoms with E-state index in [2.05, 4.69) is 32.3 Å². The molecule has 0 radical (unpaired) electrons. The normalized spacial score (nSPS) is 13.1. The van der Waals surface area contributed by atoms with Crippen LogP contribution >= 0.6 is 0 Å². The Bertz CT molecular complexity index is 138. The Balaban J connectivity index is 3.39. The van der Waals surface area contributed by atoms with Gasteiger partial charge in [-0.15, -0.1) is 6.58 Å². The second-order valence-corrected chi connectivity index (χ2v) is 4.52. The van der Waals surface area contributed by atoms with Crippen LogP contribution in [0, 0.1) is 5.92 Å². The first-order chi connectivity index (χ1) is 7.24. The van der Waals surface area contributed by atoms with Crippen LogP contribution in [-0.2, 0) is 0 Å². The lowest BCUT2D eigenvalue weighted by Crippen LogP contribution is -2.28. The molecule has 0 aliphatic carbocycles. The smallest absolute Gasteiger partial charge is 0.000679 e. The van der Waals surface area contributed by atoms with Gasteiger partial charge in [0.1, 0.15) is 0 Å². The molecule has 1 heteroatoms. The molecule has 0 rings (SSSR count). The van der Waals surface area contributed by atoms with Crippen LogP contribution in [-0.4, -0.2) is 24.5 Å². The Morgan fingerprint density at radius 1 is 1.13 bits per heavy atom. The molecule has 1 nitrogen and oxygen atoms in total. The molecule has 0 amide bonds. The lowest BCUT2D eigenvalue weighted by atomic mass is 10.0. The highest BCUT2D eigenvalue weighted by Gasteiger charge is 2.06. The maximum Gasteiger partial charge on any atom is 0.000679 e. The summed E-state index contributed by atoms with van der Waals surface area (Å²) in [7, 11) is 0. The summed E-state index contributed by atoms with van der Waals surface area (Å²) in [5.74, 6) is 0.855. The quantitative estimate of drug-likeness (QED) is 0.388. The van der Waals surface area contributed by atoms with E-state index in [-0.39, 0.29) is 0 Å². The third-order valence-electron chi connectivity index (χ3n) is 3.07. The molecule has 0 fully saturated rings. The van der Waals surface area contributed by atoms with Crippen molar-refractivity contribution in [2.75, 3.05) is 19.6 Å². The summed E-state index contributed by atoms with van der Waals surface area (Å²) in [6.07, 6.45) is 8.67. The third kappa shape index (κ3) is 8.68. The van der Waals surface area contributed by atoms with Gasteiger partial charge in [0, 0.05) is 6.54 Å². The van der Waals surface area contributed by atoms with Crippen molar-refractivity contribution in [3.63, 3.8) is 0 Å². The maximum absolute atomic E-state index is 3.75. The fourth-order valence-corrected chi connectivity index (χ4v) is 1.97. The van der Waals surface area contributed by atoms with Crippen molar-refractivity contribution < 1.29 is 0 Å². The zero-order valence-electron chi connectivity index (χ0n) is 11.0. The summed E-state index contributed by atoms with van der Waals surface area (Å²) in [5, 5.41) is 0. The summed E-state index contributed by atoms with van der Waals surface area (Å²) in [6, 6.07) is 0. The zero-order valence-corrected chi connectivity index (χ0v) is 11.0. The molecule has 0 saturated heterocycles. The van der Waals surface area contributed by atoms with Gasteiger partial charge in [-0.3, -0.25) is 0 Å². The lowest BCUT2D eigenvalue weighted by Gasteiger charge is -2.22. The Morgan fingerprint density at radius 2 is 1.80 bits per heavy atom. The van der Waals surface area contributed by atoms with Gasteiger partial charge in [-0.1, -0.05) is 39.7 Å². The average Bonchev–Trinajstić information content (AvgIpc) is 2.25. The second-order valence-electron chi connectivity index (χ2n) is 4.52. The summed E-state index contributed by atoms with van der Waals surface area (Å²) in [5.41, 5.74) is 0. The summed E-state index contributed by atoms with van der Waals surface area (Å²) in [4.78, 5) is 2.52. The van der Waals surface area contributed by atoms with Crippen LogP contribution in [0.4, 0.5) is 0 Å². The van der Waals surface area contributed by atoms with E-state index >= 15 is 0 Å². The lowest BCUT2D eigenvalue weighted by molar-refractivity contribution is 0.251. The van der Waals surface area contributed by atoms with Crippen molar-refractivity contribution in [2.45, 2.75) is 52.9 Å². The van der Waals surface area contributed by atoms with Gasteiger partial charge in [-0.05, 0) is 38.3 Å². The third-order valence-corrected chi connectivity index (χ3v) is 3.07. The van der Waals surface area contributed by atoms with Crippen LogP contribution in [0.1, 0.15) is 52.9 Å². The number of rotatable bonds is 10. The minimum atomic E-state index is 0.855. The first-order valence-electron chi connectivity index (χ1n) is 6.57. The van der Waals surface area contributed by atoms with E-state index in [4.69, 9.17) is 0 Å². The van der Waals surface area contributed by atoms with E-state index in [0.717, 1.165) is 5.92 Å². The van der Waals surface area contributed by atoms with Gasteiger partial charge in [-0.2, -0.15) is 0 Å². The Morgan fingerprint density at radius 3 is 2.33 bits per heavy atom. The monoisotopic (exact) mass is 211 g/mol. The van der Waals surface area contributed by atoms with Crippen LogP contribution in [0.5, 0.6) is 0 Å². The van der Waals surface area contributed by atoms with E-state index in [9.17, 15) is 0 Å². The van der Waals surface area contributed by atoms with E-state index in [1.54, 1.807) is 0 Å². The molecule has 0 spiro atoms. The Kier molecular flexibility index (Phi) is 10.0. The van der Waals surface area contributed by atoms with Crippen molar-refractivity contribution in [1.29, 1.82) is 0 Å². The molecule has 90 valence electrons. The molecule has 15 heavy (non-hydrogen) atoms. The summed E-state index contributed by atoms with van der Waals surface area (Å²) >= 11 is 0. The first-order valence-corrected chi connectivity index (χ1v) is 6.57. The van der Waals surface area contributed by atoms with E-state index in [1.165, 1.54) is 51.7 Å². The van der Waals surface area contributed by atoms with Gasteiger partial charge in [0.2, 0.25) is 0 Å². The van der Waals surface area contributed by atoms with E-state index < -0.39 is 0 Å². The van der Waals surface area contributed by atoms with Gasteiger partial charge < -0.3 is 4.90 Å². The predicted octanol–water partition coefficient (Wildman–Crippen LogP) is 4.10. The molecule has 0 aliphatic heterocycles. The largest absolute Gasteiger partial charge is 0.304 e. The number of unbranched alkanes of at least 4 members (excludes halogenated alkanes) is 3. The highest BCUT2D eigenvalue weighted by Crippen LogP contribution is 2.12.